The van der Waals surface area contributed by atoms with Gasteiger partial charge >= 0.3 is 0 Å². The molecule has 2 aliphatic rings. The van der Waals surface area contributed by atoms with Crippen molar-refractivity contribution in [2.45, 2.75) is 19.3 Å². The van der Waals surface area contributed by atoms with E-state index in [-0.39, 0.29) is 11.5 Å². The minimum atomic E-state index is -0.694. The Morgan fingerprint density at radius 2 is 2.12 bits per heavy atom. The second kappa shape index (κ2) is 5.15. The van der Waals surface area contributed by atoms with Crippen molar-refractivity contribution in [3.05, 3.63) is 23.4 Å². The topological polar surface area (TPSA) is 70.1 Å². The van der Waals surface area contributed by atoms with Crippen molar-refractivity contribution in [3.63, 3.8) is 0 Å². The largest absolute Gasteiger partial charge is 0.396 e. The molecule has 0 aromatic carbocycles. The summed E-state index contributed by atoms with van der Waals surface area (Å²) in [6, 6.07) is 1.94. The fraction of sp³-hybridized carbons (Fsp3) is 0.538. The van der Waals surface area contributed by atoms with Crippen LogP contribution in [0.5, 0.6) is 0 Å². The van der Waals surface area contributed by atoms with Gasteiger partial charge in [0, 0.05) is 6.54 Å². The lowest BCUT2D eigenvalue weighted by atomic mass is 9.93. The molecule has 1 fully saturated rings. The summed E-state index contributed by atoms with van der Waals surface area (Å²) in [5, 5.41) is 8.78. The molecule has 1 aliphatic heterocycles. The lowest BCUT2D eigenvalue weighted by Gasteiger charge is -2.28. The van der Waals surface area contributed by atoms with Gasteiger partial charge in [-0.3, -0.25) is 9.69 Å². The molecule has 4 nitrogen and oxygen atoms in total. The van der Waals surface area contributed by atoms with Gasteiger partial charge in [-0.15, -0.1) is 0 Å². The zero-order valence-corrected chi connectivity index (χ0v) is 9.85. The summed E-state index contributed by atoms with van der Waals surface area (Å²) < 4.78 is 0. The minimum Gasteiger partial charge on any atom is -0.396 e. The second-order valence-electron chi connectivity index (χ2n) is 4.61. The number of nitrogens with zero attached hydrogens (tertiary/aromatic N) is 2. The van der Waals surface area contributed by atoms with Gasteiger partial charge in [-0.2, -0.15) is 5.26 Å². The molecular weight excluding hydrogens is 214 g/mol. The predicted molar refractivity (Wildman–Crippen MR) is 64.8 cm³/mol. The van der Waals surface area contributed by atoms with E-state index in [2.05, 4.69) is 4.90 Å². The number of nitrogens with two attached hydrogens (primary N) is 1. The van der Waals surface area contributed by atoms with E-state index in [0.717, 1.165) is 25.2 Å². The lowest BCUT2D eigenvalue weighted by molar-refractivity contribution is -0.116. The van der Waals surface area contributed by atoms with Gasteiger partial charge in [-0.25, -0.2) is 0 Å². The first-order valence-corrected chi connectivity index (χ1v) is 6.05. The van der Waals surface area contributed by atoms with E-state index in [9.17, 15) is 4.79 Å². The van der Waals surface area contributed by atoms with Crippen molar-refractivity contribution in [2.75, 3.05) is 19.6 Å². The van der Waals surface area contributed by atoms with Crippen LogP contribution in [-0.2, 0) is 4.79 Å². The molecule has 90 valence electrons. The van der Waals surface area contributed by atoms with Gasteiger partial charge in [-0.05, 0) is 31.5 Å². The van der Waals surface area contributed by atoms with Gasteiger partial charge in [0.25, 0.3) is 0 Å². The number of carbonyl (C=O) groups excluding carboxylic acids is 1. The highest BCUT2D eigenvalue weighted by Crippen LogP contribution is 2.19. The maximum atomic E-state index is 11.7. The van der Waals surface area contributed by atoms with Crippen LogP contribution >= 0.6 is 0 Å². The third-order valence-corrected chi connectivity index (χ3v) is 3.37. The molecule has 0 spiro atoms. The van der Waals surface area contributed by atoms with Crippen molar-refractivity contribution in [1.29, 1.82) is 5.26 Å². The minimum absolute atomic E-state index is 0.248. The van der Waals surface area contributed by atoms with E-state index in [1.54, 1.807) is 6.08 Å². The molecule has 1 saturated heterocycles. The van der Waals surface area contributed by atoms with Crippen LogP contribution in [0.4, 0.5) is 0 Å². The summed E-state index contributed by atoms with van der Waals surface area (Å²) in [7, 11) is 0. The Kier molecular flexibility index (Phi) is 3.60. The summed E-state index contributed by atoms with van der Waals surface area (Å²) in [6.07, 6.45) is 7.20. The summed E-state index contributed by atoms with van der Waals surface area (Å²) in [5.41, 5.74) is 6.94. The number of ketones is 1. The van der Waals surface area contributed by atoms with Crippen molar-refractivity contribution in [3.8, 4) is 6.07 Å². The highest BCUT2D eigenvalue weighted by molar-refractivity contribution is 6.01. The number of rotatable bonds is 2. The summed E-state index contributed by atoms with van der Waals surface area (Å²) >= 11 is 0. The molecule has 0 saturated carbocycles. The van der Waals surface area contributed by atoms with Gasteiger partial charge in [0.05, 0.1) is 11.8 Å². The normalized spacial score (nSPS) is 26.1. The van der Waals surface area contributed by atoms with Gasteiger partial charge in [-0.1, -0.05) is 18.6 Å². The molecule has 1 atom stereocenters. The molecule has 17 heavy (non-hydrogen) atoms. The molecule has 0 radical (unpaired) electrons. The van der Waals surface area contributed by atoms with Crippen molar-refractivity contribution < 1.29 is 4.79 Å². The number of likely N-dealkylation sites (tertiary alicyclic amines) is 1. The predicted octanol–water partition coefficient (Wildman–Crippen LogP) is 0.964. The monoisotopic (exact) mass is 231 g/mol. The summed E-state index contributed by atoms with van der Waals surface area (Å²) in [4.78, 5) is 14.0. The third kappa shape index (κ3) is 2.56. The van der Waals surface area contributed by atoms with Crippen LogP contribution in [0.2, 0.25) is 0 Å². The zero-order valence-electron chi connectivity index (χ0n) is 9.85. The van der Waals surface area contributed by atoms with Gasteiger partial charge < -0.3 is 5.73 Å². The van der Waals surface area contributed by atoms with Gasteiger partial charge in [0.1, 0.15) is 5.92 Å². The number of hydrogen-bond donors (Lipinski definition) is 1. The molecule has 4 heteroatoms. The van der Waals surface area contributed by atoms with E-state index in [0.29, 0.717) is 0 Å². The first kappa shape index (κ1) is 11.9. The molecule has 0 aromatic heterocycles. The third-order valence-electron chi connectivity index (χ3n) is 3.37. The number of nitriles is 1. The molecule has 0 bridgehead atoms. The second-order valence-corrected chi connectivity index (χ2v) is 4.61. The Hall–Kier alpha value is -1.60. The van der Waals surface area contributed by atoms with Crippen LogP contribution in [0.25, 0.3) is 0 Å². The molecule has 0 aromatic rings. The van der Waals surface area contributed by atoms with Crippen LogP contribution in [0.3, 0.4) is 0 Å². The molecule has 1 unspecified atom stereocenters. The fourth-order valence-corrected chi connectivity index (χ4v) is 2.31. The maximum absolute atomic E-state index is 11.7. The molecule has 2 rings (SSSR count). The van der Waals surface area contributed by atoms with E-state index < -0.39 is 5.92 Å². The van der Waals surface area contributed by atoms with E-state index in [1.807, 2.05) is 12.1 Å². The zero-order chi connectivity index (χ0) is 12.3. The fourth-order valence-electron chi connectivity index (χ4n) is 2.31. The van der Waals surface area contributed by atoms with E-state index in [1.165, 1.54) is 19.3 Å². The van der Waals surface area contributed by atoms with Crippen molar-refractivity contribution in [2.24, 2.45) is 11.7 Å². The summed E-state index contributed by atoms with van der Waals surface area (Å²) in [5.74, 6) is -0.942. The van der Waals surface area contributed by atoms with Crippen LogP contribution in [0.15, 0.2) is 23.4 Å². The average molecular weight is 231 g/mol. The average Bonchev–Trinajstić information content (AvgIpc) is 2.37. The number of Topliss-reactive ketones (excluding diaryl/α,β-unsaturated/α-hetero) is 1. The smallest absolute Gasteiger partial charge is 0.199 e. The highest BCUT2D eigenvalue weighted by atomic mass is 16.1. The van der Waals surface area contributed by atoms with Crippen LogP contribution in [0, 0.1) is 17.2 Å². The number of hydrogen-bond acceptors (Lipinski definition) is 4. The molecular formula is C13H17N3O. The van der Waals surface area contributed by atoms with Gasteiger partial charge in [0.2, 0.25) is 0 Å². The Labute approximate surface area is 101 Å². The van der Waals surface area contributed by atoms with E-state index >= 15 is 0 Å². The highest BCUT2D eigenvalue weighted by Gasteiger charge is 2.24. The van der Waals surface area contributed by atoms with Crippen molar-refractivity contribution >= 4 is 5.78 Å². The maximum Gasteiger partial charge on any atom is 0.199 e. The number of allylic oxidation sites excluding steroid dienone is 2. The van der Waals surface area contributed by atoms with Crippen LogP contribution < -0.4 is 5.73 Å². The Morgan fingerprint density at radius 3 is 2.76 bits per heavy atom. The van der Waals surface area contributed by atoms with Gasteiger partial charge in [0.15, 0.2) is 5.78 Å². The summed E-state index contributed by atoms with van der Waals surface area (Å²) in [6.45, 7) is 2.87. The molecule has 2 N–H and O–H groups in total. The lowest BCUT2D eigenvalue weighted by Crippen LogP contribution is -2.34. The quantitative estimate of drug-likeness (QED) is 0.768. The van der Waals surface area contributed by atoms with E-state index in [4.69, 9.17) is 11.0 Å². The standard InChI is InChI=1S/C13H17N3O/c14-8-10-4-5-11(12(15)13(10)17)9-16-6-2-1-3-7-16/h4-5,10H,1-3,6-7,9,15H2. The number of piperidine rings is 1. The SMILES string of the molecule is N#CC1C=CC(CN2CCCCC2)=C(N)C1=O. The molecule has 1 heterocycles. The number of carbonyl (C=O) groups is 1. The molecule has 0 amide bonds. The van der Waals surface area contributed by atoms with Crippen LogP contribution in [-0.4, -0.2) is 30.3 Å². The Morgan fingerprint density at radius 1 is 1.41 bits per heavy atom. The first-order chi connectivity index (χ1) is 8.22. The first-order valence-electron chi connectivity index (χ1n) is 6.05. The van der Waals surface area contributed by atoms with Crippen molar-refractivity contribution in [1.82, 2.24) is 4.90 Å². The Balaban J connectivity index is 2.06. The molecule has 1 aliphatic carbocycles. The van der Waals surface area contributed by atoms with Crippen LogP contribution in [0.1, 0.15) is 19.3 Å². The Bertz CT molecular complexity index is 411.